The third-order valence-corrected chi connectivity index (χ3v) is 3.26. The van der Waals surface area contributed by atoms with Crippen LogP contribution in [-0.2, 0) is 6.54 Å². The third kappa shape index (κ3) is 3.70. The molecule has 2 rings (SSSR count). The lowest BCUT2D eigenvalue weighted by molar-refractivity contribution is 0.103. The second-order valence-electron chi connectivity index (χ2n) is 5.35. The zero-order valence-corrected chi connectivity index (χ0v) is 11.0. The van der Waals surface area contributed by atoms with Crippen LogP contribution in [-0.4, -0.2) is 16.6 Å². The van der Waals surface area contributed by atoms with Crippen molar-refractivity contribution >= 4 is 0 Å². The summed E-state index contributed by atoms with van der Waals surface area (Å²) in [6.45, 7) is 7.23. The number of nitrogens with one attached hydrogen (secondary N) is 1. The number of hydrogen-bond donors (Lipinski definition) is 1. The predicted octanol–water partition coefficient (Wildman–Crippen LogP) is 2.90. The summed E-state index contributed by atoms with van der Waals surface area (Å²) in [4.78, 5) is 4.18. The van der Waals surface area contributed by atoms with Crippen molar-refractivity contribution in [3.63, 3.8) is 0 Å². The van der Waals surface area contributed by atoms with Gasteiger partial charge in [-0.25, -0.2) is 0 Å². The van der Waals surface area contributed by atoms with Gasteiger partial charge in [0.1, 0.15) is 11.4 Å². The van der Waals surface area contributed by atoms with Gasteiger partial charge in [-0.05, 0) is 39.2 Å². The highest BCUT2D eigenvalue weighted by Crippen LogP contribution is 2.25. The summed E-state index contributed by atoms with van der Waals surface area (Å²) < 4.78 is 6.05. The lowest BCUT2D eigenvalue weighted by Gasteiger charge is -2.26. The molecule has 1 N–H and O–H groups in total. The summed E-state index contributed by atoms with van der Waals surface area (Å²) in [6.07, 6.45) is 7.29. The minimum atomic E-state index is -0.115. The molecule has 0 amide bonds. The number of rotatable bonds is 6. The molecule has 1 aromatic rings. The van der Waals surface area contributed by atoms with Gasteiger partial charge in [0.05, 0.1) is 0 Å². The fourth-order valence-corrected chi connectivity index (χ4v) is 1.56. The molecule has 0 aromatic carbocycles. The van der Waals surface area contributed by atoms with Gasteiger partial charge in [-0.2, -0.15) is 0 Å². The van der Waals surface area contributed by atoms with Crippen molar-refractivity contribution in [2.75, 3.05) is 0 Å². The molecule has 0 spiro atoms. The van der Waals surface area contributed by atoms with Gasteiger partial charge in [0, 0.05) is 30.5 Å². The van der Waals surface area contributed by atoms with E-state index in [-0.39, 0.29) is 5.60 Å². The van der Waals surface area contributed by atoms with Crippen molar-refractivity contribution < 1.29 is 4.74 Å². The van der Waals surface area contributed by atoms with E-state index in [1.54, 1.807) is 6.20 Å². The van der Waals surface area contributed by atoms with Crippen LogP contribution in [0.4, 0.5) is 0 Å². The molecule has 0 saturated heterocycles. The minimum absolute atomic E-state index is 0.115. The zero-order valence-electron chi connectivity index (χ0n) is 11.0. The highest BCUT2D eigenvalue weighted by molar-refractivity contribution is 5.30. The van der Waals surface area contributed by atoms with Gasteiger partial charge >= 0.3 is 0 Å². The molecular formula is C14H22N2O. The average Bonchev–Trinajstić information content (AvgIpc) is 3.11. The Morgan fingerprint density at radius 2 is 2.24 bits per heavy atom. The van der Waals surface area contributed by atoms with Gasteiger partial charge in [0.2, 0.25) is 0 Å². The quantitative estimate of drug-likeness (QED) is 0.821. The van der Waals surface area contributed by atoms with E-state index in [2.05, 4.69) is 31.1 Å². The Bertz CT molecular complexity index is 372. The summed E-state index contributed by atoms with van der Waals surface area (Å²) in [7, 11) is 0. The molecule has 1 aliphatic carbocycles. The SMILES string of the molecule is CCC(C)(C)Oc1ccncc1CNC1CC1. The fraction of sp³-hybridized carbons (Fsp3) is 0.643. The van der Waals surface area contributed by atoms with Crippen LogP contribution in [0.2, 0.25) is 0 Å². The van der Waals surface area contributed by atoms with E-state index in [1.165, 1.54) is 12.8 Å². The van der Waals surface area contributed by atoms with Crippen LogP contribution in [0.3, 0.4) is 0 Å². The summed E-state index contributed by atoms with van der Waals surface area (Å²) in [6, 6.07) is 2.67. The Kier molecular flexibility index (Phi) is 3.67. The third-order valence-electron chi connectivity index (χ3n) is 3.26. The smallest absolute Gasteiger partial charge is 0.127 e. The Morgan fingerprint density at radius 3 is 2.88 bits per heavy atom. The molecule has 0 bridgehead atoms. The molecule has 1 heterocycles. The van der Waals surface area contributed by atoms with Crippen LogP contribution < -0.4 is 10.1 Å². The van der Waals surface area contributed by atoms with E-state index in [9.17, 15) is 0 Å². The average molecular weight is 234 g/mol. The Labute approximate surface area is 104 Å². The lowest BCUT2D eigenvalue weighted by atomic mass is 10.1. The van der Waals surface area contributed by atoms with Gasteiger partial charge in [-0.15, -0.1) is 0 Å². The highest BCUT2D eigenvalue weighted by atomic mass is 16.5. The van der Waals surface area contributed by atoms with E-state index < -0.39 is 0 Å². The topological polar surface area (TPSA) is 34.1 Å². The number of pyridine rings is 1. The first kappa shape index (κ1) is 12.4. The number of nitrogens with zero attached hydrogens (tertiary/aromatic N) is 1. The van der Waals surface area contributed by atoms with Crippen LogP contribution in [0.5, 0.6) is 5.75 Å². The maximum Gasteiger partial charge on any atom is 0.127 e. The Balaban J connectivity index is 2.03. The van der Waals surface area contributed by atoms with Crippen molar-refractivity contribution in [3.05, 3.63) is 24.0 Å². The molecule has 0 radical (unpaired) electrons. The molecule has 1 fully saturated rings. The van der Waals surface area contributed by atoms with Gasteiger partial charge < -0.3 is 10.1 Å². The van der Waals surface area contributed by atoms with Crippen molar-refractivity contribution in [3.8, 4) is 5.75 Å². The summed E-state index contributed by atoms with van der Waals surface area (Å²) in [5.41, 5.74) is 1.04. The van der Waals surface area contributed by atoms with Crippen LogP contribution in [0, 0.1) is 0 Å². The van der Waals surface area contributed by atoms with E-state index >= 15 is 0 Å². The van der Waals surface area contributed by atoms with Crippen LogP contribution in [0.25, 0.3) is 0 Å². The van der Waals surface area contributed by atoms with Crippen molar-refractivity contribution in [1.29, 1.82) is 0 Å². The van der Waals surface area contributed by atoms with E-state index in [0.717, 1.165) is 24.3 Å². The highest BCUT2D eigenvalue weighted by Gasteiger charge is 2.22. The summed E-state index contributed by atoms with van der Waals surface area (Å²) in [5.74, 6) is 0.958. The number of ether oxygens (including phenoxy) is 1. The van der Waals surface area contributed by atoms with Crippen LogP contribution in [0.15, 0.2) is 18.5 Å². The van der Waals surface area contributed by atoms with Gasteiger partial charge in [-0.1, -0.05) is 6.92 Å². The van der Waals surface area contributed by atoms with Gasteiger partial charge in [-0.3, -0.25) is 4.98 Å². The molecule has 17 heavy (non-hydrogen) atoms. The van der Waals surface area contributed by atoms with E-state index in [0.29, 0.717) is 6.04 Å². The van der Waals surface area contributed by atoms with E-state index in [1.807, 2.05) is 12.3 Å². The molecule has 3 nitrogen and oxygen atoms in total. The van der Waals surface area contributed by atoms with Crippen molar-refractivity contribution in [1.82, 2.24) is 10.3 Å². The molecule has 0 atom stereocenters. The molecule has 3 heteroatoms. The molecule has 1 aliphatic rings. The largest absolute Gasteiger partial charge is 0.487 e. The Hall–Kier alpha value is -1.09. The first-order valence-corrected chi connectivity index (χ1v) is 6.46. The molecule has 0 aliphatic heterocycles. The zero-order chi connectivity index (χ0) is 12.3. The second kappa shape index (κ2) is 5.05. The predicted molar refractivity (Wildman–Crippen MR) is 69.1 cm³/mol. The first-order valence-electron chi connectivity index (χ1n) is 6.46. The van der Waals surface area contributed by atoms with Gasteiger partial charge in [0.25, 0.3) is 0 Å². The van der Waals surface area contributed by atoms with Crippen LogP contribution >= 0.6 is 0 Å². The van der Waals surface area contributed by atoms with Crippen molar-refractivity contribution in [2.24, 2.45) is 0 Å². The summed E-state index contributed by atoms with van der Waals surface area (Å²) in [5, 5.41) is 3.50. The number of aromatic nitrogens is 1. The maximum atomic E-state index is 6.05. The van der Waals surface area contributed by atoms with Gasteiger partial charge in [0.15, 0.2) is 0 Å². The Morgan fingerprint density at radius 1 is 1.47 bits per heavy atom. The maximum absolute atomic E-state index is 6.05. The summed E-state index contributed by atoms with van der Waals surface area (Å²) >= 11 is 0. The lowest BCUT2D eigenvalue weighted by Crippen LogP contribution is -2.28. The molecule has 94 valence electrons. The molecule has 1 saturated carbocycles. The minimum Gasteiger partial charge on any atom is -0.487 e. The fourth-order valence-electron chi connectivity index (χ4n) is 1.56. The number of hydrogen-bond acceptors (Lipinski definition) is 3. The first-order chi connectivity index (χ1) is 8.11. The second-order valence-corrected chi connectivity index (χ2v) is 5.35. The monoisotopic (exact) mass is 234 g/mol. The van der Waals surface area contributed by atoms with Crippen LogP contribution in [0.1, 0.15) is 45.6 Å². The standard InChI is InChI=1S/C14H22N2O/c1-4-14(2,3)17-13-7-8-15-9-11(13)10-16-12-5-6-12/h7-9,12,16H,4-6,10H2,1-3H3. The molecular weight excluding hydrogens is 212 g/mol. The van der Waals surface area contributed by atoms with Crippen molar-refractivity contribution in [2.45, 2.75) is 58.2 Å². The molecule has 0 unspecified atom stereocenters. The normalized spacial score (nSPS) is 15.9. The van der Waals surface area contributed by atoms with E-state index in [4.69, 9.17) is 4.74 Å². The molecule has 1 aromatic heterocycles.